The van der Waals surface area contributed by atoms with E-state index < -0.39 is 11.4 Å². The molecule has 18 heavy (non-hydrogen) atoms. The molecular formula is C13H23N3O2. The van der Waals surface area contributed by atoms with E-state index in [1.807, 2.05) is 25.3 Å². The lowest BCUT2D eigenvalue weighted by atomic mass is 9.79. The van der Waals surface area contributed by atoms with E-state index in [4.69, 9.17) is 0 Å². The summed E-state index contributed by atoms with van der Waals surface area (Å²) in [5.74, 6) is 0.864. The first-order valence-corrected chi connectivity index (χ1v) is 6.51. The average molecular weight is 253 g/mol. The van der Waals surface area contributed by atoms with Crippen LogP contribution in [0.4, 0.5) is 0 Å². The predicted molar refractivity (Wildman–Crippen MR) is 69.5 cm³/mol. The maximum atomic E-state index is 11.5. The second-order valence-corrected chi connectivity index (χ2v) is 5.10. The van der Waals surface area contributed by atoms with Gasteiger partial charge in [0.2, 0.25) is 0 Å². The third kappa shape index (κ3) is 2.54. The van der Waals surface area contributed by atoms with Crippen molar-refractivity contribution in [1.29, 1.82) is 0 Å². The highest BCUT2D eigenvalue weighted by atomic mass is 16.4. The summed E-state index contributed by atoms with van der Waals surface area (Å²) in [5, 5.41) is 17.7. The first-order valence-electron chi connectivity index (χ1n) is 6.51. The quantitative estimate of drug-likeness (QED) is 0.846. The van der Waals surface area contributed by atoms with Gasteiger partial charge in [0.15, 0.2) is 0 Å². The largest absolute Gasteiger partial charge is 0.481 e. The molecule has 0 fully saturated rings. The summed E-state index contributed by atoms with van der Waals surface area (Å²) in [7, 11) is 0. The molecule has 0 aliphatic rings. The van der Waals surface area contributed by atoms with Crippen molar-refractivity contribution in [3.8, 4) is 0 Å². The Balaban J connectivity index is 3.13. The van der Waals surface area contributed by atoms with Gasteiger partial charge >= 0.3 is 5.97 Å². The van der Waals surface area contributed by atoms with Crippen LogP contribution in [-0.2, 0) is 11.2 Å². The van der Waals surface area contributed by atoms with Crippen molar-refractivity contribution in [3.63, 3.8) is 0 Å². The smallest absolute Gasteiger partial charge is 0.310 e. The number of aryl methyl sites for hydroxylation is 1. The lowest BCUT2D eigenvalue weighted by molar-refractivity contribution is -0.149. The summed E-state index contributed by atoms with van der Waals surface area (Å²) in [5.41, 5.74) is -0.730. The molecule has 1 aromatic heterocycles. The van der Waals surface area contributed by atoms with Gasteiger partial charge < -0.3 is 9.67 Å². The fourth-order valence-electron chi connectivity index (χ4n) is 2.39. The minimum Gasteiger partial charge on any atom is -0.481 e. The van der Waals surface area contributed by atoms with Gasteiger partial charge in [-0.05, 0) is 33.6 Å². The van der Waals surface area contributed by atoms with Crippen LogP contribution in [0.3, 0.4) is 0 Å². The van der Waals surface area contributed by atoms with E-state index in [0.29, 0.717) is 19.3 Å². The number of aromatic nitrogens is 3. The number of aliphatic carboxylic acids is 1. The van der Waals surface area contributed by atoms with E-state index in [9.17, 15) is 9.90 Å². The molecule has 0 spiro atoms. The van der Waals surface area contributed by atoms with Crippen LogP contribution in [0.2, 0.25) is 0 Å². The summed E-state index contributed by atoms with van der Waals surface area (Å²) in [6.45, 7) is 9.85. The van der Waals surface area contributed by atoms with Crippen molar-refractivity contribution < 1.29 is 9.90 Å². The Morgan fingerprint density at radius 3 is 2.28 bits per heavy atom. The summed E-state index contributed by atoms with van der Waals surface area (Å²) in [4.78, 5) is 11.5. The summed E-state index contributed by atoms with van der Waals surface area (Å²) in [6, 6.07) is 0.246. The van der Waals surface area contributed by atoms with Crippen LogP contribution in [0.1, 0.15) is 58.2 Å². The molecular weight excluding hydrogens is 230 g/mol. The van der Waals surface area contributed by atoms with Gasteiger partial charge in [0.05, 0.1) is 5.41 Å². The Morgan fingerprint density at radius 1 is 1.33 bits per heavy atom. The molecule has 0 bridgehead atoms. The average Bonchev–Trinajstić information content (AvgIpc) is 2.66. The van der Waals surface area contributed by atoms with E-state index in [0.717, 1.165) is 11.6 Å². The normalized spacial score (nSPS) is 12.1. The fourth-order valence-corrected chi connectivity index (χ4v) is 2.39. The third-order valence-electron chi connectivity index (χ3n) is 3.76. The van der Waals surface area contributed by atoms with Crippen LogP contribution >= 0.6 is 0 Å². The molecule has 5 nitrogen and oxygen atoms in total. The zero-order valence-electron chi connectivity index (χ0n) is 11.9. The summed E-state index contributed by atoms with van der Waals surface area (Å²) >= 11 is 0. The standard InChI is InChI=1S/C13H23N3O2/c1-6-13(7-2,12(17)18)8-11-15-14-10(5)16(11)9(3)4/h9H,6-8H2,1-5H3,(H,17,18). The van der Waals surface area contributed by atoms with Gasteiger partial charge in [0.25, 0.3) is 0 Å². The Labute approximate surface area is 108 Å². The highest BCUT2D eigenvalue weighted by molar-refractivity contribution is 5.74. The van der Waals surface area contributed by atoms with Crippen molar-refractivity contribution in [2.45, 2.75) is 59.9 Å². The Bertz CT molecular complexity index is 420. The molecule has 0 saturated heterocycles. The van der Waals surface area contributed by atoms with Crippen LogP contribution in [0.25, 0.3) is 0 Å². The first-order chi connectivity index (χ1) is 8.38. The maximum absolute atomic E-state index is 11.5. The number of carboxylic acid groups (broad SMARTS) is 1. The van der Waals surface area contributed by atoms with E-state index >= 15 is 0 Å². The molecule has 1 heterocycles. The van der Waals surface area contributed by atoms with Crippen molar-refractivity contribution in [2.75, 3.05) is 0 Å². The van der Waals surface area contributed by atoms with Crippen molar-refractivity contribution in [3.05, 3.63) is 11.6 Å². The molecule has 0 unspecified atom stereocenters. The Morgan fingerprint density at radius 2 is 1.89 bits per heavy atom. The minimum atomic E-state index is -0.747. The lowest BCUT2D eigenvalue weighted by Gasteiger charge is -2.26. The van der Waals surface area contributed by atoms with E-state index in [1.54, 1.807) is 0 Å². The van der Waals surface area contributed by atoms with E-state index in [-0.39, 0.29) is 6.04 Å². The Hall–Kier alpha value is -1.39. The van der Waals surface area contributed by atoms with Gasteiger partial charge in [-0.1, -0.05) is 13.8 Å². The monoisotopic (exact) mass is 253 g/mol. The van der Waals surface area contributed by atoms with Gasteiger partial charge in [-0.25, -0.2) is 0 Å². The van der Waals surface area contributed by atoms with Crippen molar-refractivity contribution in [2.24, 2.45) is 5.41 Å². The lowest BCUT2D eigenvalue weighted by Crippen LogP contribution is -2.33. The summed E-state index contributed by atoms with van der Waals surface area (Å²) < 4.78 is 2.02. The number of carboxylic acids is 1. The molecule has 0 saturated carbocycles. The van der Waals surface area contributed by atoms with Crippen LogP contribution in [0, 0.1) is 12.3 Å². The van der Waals surface area contributed by atoms with Gasteiger partial charge in [-0.3, -0.25) is 4.79 Å². The van der Waals surface area contributed by atoms with Crippen LogP contribution in [-0.4, -0.2) is 25.8 Å². The van der Waals surface area contributed by atoms with E-state index in [2.05, 4.69) is 24.0 Å². The van der Waals surface area contributed by atoms with Crippen LogP contribution in [0.5, 0.6) is 0 Å². The summed E-state index contributed by atoms with van der Waals surface area (Å²) in [6.07, 6.45) is 1.64. The maximum Gasteiger partial charge on any atom is 0.310 e. The predicted octanol–water partition coefficient (Wildman–Crippen LogP) is 2.60. The molecule has 1 N–H and O–H groups in total. The first kappa shape index (κ1) is 14.7. The molecule has 1 rings (SSSR count). The molecule has 102 valence electrons. The number of hydrogen-bond donors (Lipinski definition) is 1. The molecule has 0 radical (unpaired) electrons. The molecule has 1 aromatic rings. The SMILES string of the molecule is CCC(CC)(Cc1nnc(C)n1C(C)C)C(=O)O. The van der Waals surface area contributed by atoms with Gasteiger partial charge in [-0.2, -0.15) is 0 Å². The second-order valence-electron chi connectivity index (χ2n) is 5.10. The highest BCUT2D eigenvalue weighted by Crippen LogP contribution is 2.31. The number of rotatable bonds is 6. The molecule has 0 amide bonds. The number of carbonyl (C=O) groups is 1. The molecule has 5 heteroatoms. The van der Waals surface area contributed by atoms with Crippen LogP contribution in [0.15, 0.2) is 0 Å². The van der Waals surface area contributed by atoms with Crippen molar-refractivity contribution in [1.82, 2.24) is 14.8 Å². The zero-order chi connectivity index (χ0) is 13.9. The Kier molecular flexibility index (Phi) is 4.48. The topological polar surface area (TPSA) is 68.0 Å². The fraction of sp³-hybridized carbons (Fsp3) is 0.769. The van der Waals surface area contributed by atoms with Crippen molar-refractivity contribution >= 4 is 5.97 Å². The van der Waals surface area contributed by atoms with Gasteiger partial charge in [0, 0.05) is 12.5 Å². The van der Waals surface area contributed by atoms with Gasteiger partial charge in [0.1, 0.15) is 11.6 Å². The molecule has 0 aromatic carbocycles. The molecule has 0 atom stereocenters. The third-order valence-corrected chi connectivity index (χ3v) is 3.76. The second kappa shape index (κ2) is 5.50. The zero-order valence-corrected chi connectivity index (χ0v) is 11.9. The van der Waals surface area contributed by atoms with E-state index in [1.165, 1.54) is 0 Å². The molecule has 0 aliphatic carbocycles. The van der Waals surface area contributed by atoms with Crippen LogP contribution < -0.4 is 0 Å². The minimum absolute atomic E-state index is 0.246. The van der Waals surface area contributed by atoms with Gasteiger partial charge in [-0.15, -0.1) is 10.2 Å². The number of nitrogens with zero attached hydrogens (tertiary/aromatic N) is 3. The highest BCUT2D eigenvalue weighted by Gasteiger charge is 2.37. The number of hydrogen-bond acceptors (Lipinski definition) is 3. The molecule has 0 aliphatic heterocycles.